The van der Waals surface area contributed by atoms with Crippen molar-refractivity contribution in [3.8, 4) is 66.8 Å². The molecule has 0 fully saturated rings. The molecule has 0 N–H and O–H groups in total. The molecule has 0 radical (unpaired) electrons. The highest BCUT2D eigenvalue weighted by molar-refractivity contribution is 6.14. The van der Waals surface area contributed by atoms with E-state index in [4.69, 9.17) is 0 Å². The molecular formula is C66H45N. The SMILES string of the molecule is [2H]c1c([2H])c(N(c2ccc(-c3ccc4ccccc4c3-c3ccccc3)cc2)c2ccc(-c3cc4ccccc4c4ccccc34)cc2)c([2H])c([2H])c1-c1ccc(-c2ccccc2)c(-c2ccccc2)c1. The lowest BCUT2D eigenvalue weighted by Crippen LogP contribution is -2.09. The van der Waals surface area contributed by atoms with Gasteiger partial charge in [-0.15, -0.1) is 0 Å². The Morgan fingerprint density at radius 1 is 0.239 bits per heavy atom. The van der Waals surface area contributed by atoms with E-state index in [1.54, 1.807) is 0 Å². The van der Waals surface area contributed by atoms with Crippen molar-refractivity contribution in [2.45, 2.75) is 0 Å². The summed E-state index contributed by atoms with van der Waals surface area (Å²) in [6.45, 7) is 0. The quantitative estimate of drug-likeness (QED) is 0.131. The Labute approximate surface area is 397 Å². The second-order valence-electron chi connectivity index (χ2n) is 16.9. The number of hydrogen-bond donors (Lipinski definition) is 0. The molecule has 12 rings (SSSR count). The Hall–Kier alpha value is -8.78. The Bertz CT molecular complexity index is 3920. The highest BCUT2D eigenvalue weighted by atomic mass is 15.1. The molecule has 12 aromatic carbocycles. The Morgan fingerprint density at radius 3 is 1.34 bits per heavy atom. The van der Waals surface area contributed by atoms with Crippen molar-refractivity contribution < 1.29 is 5.48 Å². The fraction of sp³-hybridized carbons (Fsp3) is 0. The molecule has 0 saturated heterocycles. The molecule has 0 spiro atoms. The Kier molecular flexibility index (Phi) is 9.19. The van der Waals surface area contributed by atoms with Crippen LogP contribution >= 0.6 is 0 Å². The molecule has 0 heterocycles. The number of fused-ring (bicyclic) bond motifs is 4. The van der Waals surface area contributed by atoms with Crippen LogP contribution in [0.15, 0.2) is 273 Å². The predicted octanol–water partition coefficient (Wildman–Crippen LogP) is 18.6. The van der Waals surface area contributed by atoms with Gasteiger partial charge < -0.3 is 4.90 Å². The van der Waals surface area contributed by atoms with E-state index in [1.807, 2.05) is 89.8 Å². The van der Waals surface area contributed by atoms with Gasteiger partial charge in [0.25, 0.3) is 0 Å². The molecule has 0 aliphatic heterocycles. The maximum atomic E-state index is 9.83. The number of rotatable bonds is 9. The van der Waals surface area contributed by atoms with Crippen LogP contribution in [0.25, 0.3) is 99.1 Å². The van der Waals surface area contributed by atoms with Crippen LogP contribution in [0.4, 0.5) is 17.1 Å². The zero-order valence-electron chi connectivity index (χ0n) is 40.6. The van der Waals surface area contributed by atoms with E-state index in [-0.39, 0.29) is 35.4 Å². The standard InChI is InChI=1S/C66H45N/c1-4-16-47(17-5-1)59-42-35-53(44-64(59)48-18-6-2-7-19-48)46-28-36-55(37-29-46)67(57-40-32-51(33-41-57)65-45-54-23-11-12-24-58(54)62-26-14-15-27-63(62)65)56-38-30-50(31-39-56)61-43-34-49-20-10-13-25-60(49)66(61)52-21-8-3-9-22-52/h1-45H/i28D,29D,36D,37D. The Balaban J connectivity index is 1.02. The lowest BCUT2D eigenvalue weighted by molar-refractivity contribution is 1.28. The fourth-order valence-corrected chi connectivity index (χ4v) is 9.70. The summed E-state index contributed by atoms with van der Waals surface area (Å²) in [5, 5.41) is 7.01. The number of hydrogen-bond acceptors (Lipinski definition) is 1. The molecule has 0 unspecified atom stereocenters. The molecule has 0 aromatic heterocycles. The molecule has 0 aliphatic carbocycles. The third-order valence-corrected chi connectivity index (χ3v) is 12.9. The van der Waals surface area contributed by atoms with Crippen LogP contribution in [-0.4, -0.2) is 0 Å². The first-order chi connectivity index (χ1) is 34.9. The lowest BCUT2D eigenvalue weighted by Gasteiger charge is -2.26. The van der Waals surface area contributed by atoms with E-state index in [0.29, 0.717) is 16.9 Å². The zero-order valence-corrected chi connectivity index (χ0v) is 36.6. The van der Waals surface area contributed by atoms with Crippen molar-refractivity contribution >= 4 is 49.4 Å². The third-order valence-electron chi connectivity index (χ3n) is 12.9. The number of nitrogens with zero attached hydrogens (tertiary/aromatic N) is 1. The van der Waals surface area contributed by atoms with Gasteiger partial charge in [0.15, 0.2) is 0 Å². The van der Waals surface area contributed by atoms with E-state index in [0.717, 1.165) is 77.2 Å². The van der Waals surface area contributed by atoms with Gasteiger partial charge in [-0.1, -0.05) is 224 Å². The van der Waals surface area contributed by atoms with Gasteiger partial charge in [-0.2, -0.15) is 0 Å². The summed E-state index contributed by atoms with van der Waals surface area (Å²) in [4.78, 5) is 1.88. The van der Waals surface area contributed by atoms with Gasteiger partial charge in [-0.05, 0) is 148 Å². The minimum Gasteiger partial charge on any atom is -0.311 e. The second kappa shape index (κ2) is 17.3. The average molecular weight is 856 g/mol. The van der Waals surface area contributed by atoms with Crippen molar-refractivity contribution in [1.29, 1.82) is 0 Å². The topological polar surface area (TPSA) is 3.24 Å². The molecule has 1 heteroatoms. The summed E-state index contributed by atoms with van der Waals surface area (Å²) in [6, 6.07) is 84.8. The highest BCUT2D eigenvalue weighted by Gasteiger charge is 2.18. The molecule has 1 nitrogen and oxygen atoms in total. The molecular weight excluding hydrogens is 807 g/mol. The summed E-state index contributed by atoms with van der Waals surface area (Å²) in [6.07, 6.45) is 0. The molecule has 0 amide bonds. The maximum absolute atomic E-state index is 9.83. The maximum Gasteiger partial charge on any atom is 0.0645 e. The largest absolute Gasteiger partial charge is 0.311 e. The second-order valence-corrected chi connectivity index (χ2v) is 16.9. The van der Waals surface area contributed by atoms with Crippen LogP contribution in [0.5, 0.6) is 0 Å². The molecule has 0 bridgehead atoms. The first-order valence-electron chi connectivity index (χ1n) is 24.8. The van der Waals surface area contributed by atoms with E-state index in [2.05, 4.69) is 164 Å². The van der Waals surface area contributed by atoms with Crippen molar-refractivity contribution in [2.75, 3.05) is 4.90 Å². The summed E-state index contributed by atoms with van der Waals surface area (Å²) < 4.78 is 39.1. The fourth-order valence-electron chi connectivity index (χ4n) is 9.70. The minimum atomic E-state index is -0.135. The van der Waals surface area contributed by atoms with Gasteiger partial charge in [-0.25, -0.2) is 0 Å². The van der Waals surface area contributed by atoms with Crippen LogP contribution in [0.3, 0.4) is 0 Å². The Morgan fingerprint density at radius 2 is 0.701 bits per heavy atom. The molecule has 0 atom stereocenters. The van der Waals surface area contributed by atoms with Crippen molar-refractivity contribution in [3.05, 3.63) is 273 Å². The summed E-state index contributed by atoms with van der Waals surface area (Å²) in [7, 11) is 0. The molecule has 67 heavy (non-hydrogen) atoms. The van der Waals surface area contributed by atoms with Crippen molar-refractivity contribution in [3.63, 3.8) is 0 Å². The predicted molar refractivity (Wildman–Crippen MR) is 286 cm³/mol. The van der Waals surface area contributed by atoms with Gasteiger partial charge in [-0.3, -0.25) is 0 Å². The normalized spacial score (nSPS) is 12.1. The van der Waals surface area contributed by atoms with E-state index in [1.165, 1.54) is 10.8 Å². The van der Waals surface area contributed by atoms with Gasteiger partial charge in [0.1, 0.15) is 0 Å². The first kappa shape index (κ1) is 35.6. The number of benzene rings is 12. The van der Waals surface area contributed by atoms with Crippen molar-refractivity contribution in [2.24, 2.45) is 0 Å². The summed E-state index contributed by atoms with van der Waals surface area (Å²) >= 11 is 0. The van der Waals surface area contributed by atoms with Gasteiger partial charge in [0.2, 0.25) is 0 Å². The monoisotopic (exact) mass is 855 g/mol. The molecule has 314 valence electrons. The van der Waals surface area contributed by atoms with E-state index >= 15 is 0 Å². The molecule has 0 aliphatic rings. The van der Waals surface area contributed by atoms with Gasteiger partial charge in [0.05, 0.1) is 5.48 Å². The van der Waals surface area contributed by atoms with E-state index in [9.17, 15) is 5.48 Å². The smallest absolute Gasteiger partial charge is 0.0645 e. The lowest BCUT2D eigenvalue weighted by atomic mass is 9.89. The van der Waals surface area contributed by atoms with Crippen molar-refractivity contribution in [1.82, 2.24) is 0 Å². The summed E-state index contributed by atoms with van der Waals surface area (Å²) in [5.41, 5.74) is 12.9. The van der Waals surface area contributed by atoms with E-state index < -0.39 is 0 Å². The summed E-state index contributed by atoms with van der Waals surface area (Å²) in [5.74, 6) is 0. The van der Waals surface area contributed by atoms with Gasteiger partial charge >= 0.3 is 0 Å². The molecule has 12 aromatic rings. The van der Waals surface area contributed by atoms with Crippen LogP contribution in [-0.2, 0) is 0 Å². The van der Waals surface area contributed by atoms with Crippen LogP contribution in [0.1, 0.15) is 5.48 Å². The highest BCUT2D eigenvalue weighted by Crippen LogP contribution is 2.43. The average Bonchev–Trinajstić information content (AvgIpc) is 3.44. The third kappa shape index (κ3) is 7.53. The number of anilines is 3. The first-order valence-corrected chi connectivity index (χ1v) is 22.8. The molecule has 0 saturated carbocycles. The van der Waals surface area contributed by atoms with Crippen LogP contribution < -0.4 is 4.90 Å². The van der Waals surface area contributed by atoms with Crippen LogP contribution in [0, 0.1) is 0 Å². The zero-order chi connectivity index (χ0) is 48.0. The van der Waals surface area contributed by atoms with Gasteiger partial charge in [0, 0.05) is 17.1 Å². The van der Waals surface area contributed by atoms with Crippen LogP contribution in [0.2, 0.25) is 0 Å². The minimum absolute atomic E-state index is 0.114.